The molecule has 5 heteroatoms. The third kappa shape index (κ3) is 2.22. The van der Waals surface area contributed by atoms with Crippen LogP contribution in [0.1, 0.15) is 26.2 Å². The van der Waals surface area contributed by atoms with Crippen molar-refractivity contribution in [2.24, 2.45) is 0 Å². The molecule has 0 amide bonds. The van der Waals surface area contributed by atoms with Crippen LogP contribution in [0.2, 0.25) is 0 Å². The fourth-order valence-corrected chi connectivity index (χ4v) is 4.99. The summed E-state index contributed by atoms with van der Waals surface area (Å²) in [5, 5.41) is 10.5. The summed E-state index contributed by atoms with van der Waals surface area (Å²) in [5.74, 6) is -0.894. The number of aromatic carboxylic acids is 1. The molecule has 4 rings (SSSR count). The zero-order valence-corrected chi connectivity index (χ0v) is 12.6. The molecule has 0 saturated heterocycles. The molecule has 3 aromatic rings. The first kappa shape index (κ1) is 12.9. The van der Waals surface area contributed by atoms with Gasteiger partial charge in [0.2, 0.25) is 0 Å². The van der Waals surface area contributed by atoms with Gasteiger partial charge < -0.3 is 5.11 Å². The summed E-state index contributed by atoms with van der Waals surface area (Å²) in [4.78, 5) is 17.0. The van der Waals surface area contributed by atoms with Crippen molar-refractivity contribution >= 4 is 39.3 Å². The van der Waals surface area contributed by atoms with E-state index >= 15 is 0 Å². The largest absolute Gasteiger partial charge is 0.478 e. The Morgan fingerprint density at radius 1 is 1.24 bits per heavy atom. The maximum absolute atomic E-state index is 11.0. The lowest BCUT2D eigenvalue weighted by Crippen LogP contribution is -1.94. The average Bonchev–Trinajstić information content (AvgIpc) is 3.09. The third-order valence-corrected chi connectivity index (χ3v) is 6.18. The maximum Gasteiger partial charge on any atom is 0.335 e. The van der Waals surface area contributed by atoms with Crippen LogP contribution in [-0.2, 0) is 6.42 Å². The monoisotopic (exact) mass is 313 g/mol. The van der Waals surface area contributed by atoms with Crippen molar-refractivity contribution in [1.82, 2.24) is 4.98 Å². The van der Waals surface area contributed by atoms with E-state index in [-0.39, 0.29) is 0 Å². The third-order valence-electron chi connectivity index (χ3n) is 3.57. The normalized spacial score (nSPS) is 17.0. The van der Waals surface area contributed by atoms with Gasteiger partial charge in [0.15, 0.2) is 0 Å². The second kappa shape index (κ2) is 4.86. The highest BCUT2D eigenvalue weighted by atomic mass is 32.2. The SMILES string of the molecule is O=C(O)c1ccc2nc(C3Cc4ccccc4S3)sc2c1. The zero-order valence-electron chi connectivity index (χ0n) is 10.9. The second-order valence-corrected chi connectivity index (χ2v) is 7.26. The van der Waals surface area contributed by atoms with E-state index in [1.165, 1.54) is 10.5 Å². The number of benzene rings is 2. The van der Waals surface area contributed by atoms with E-state index in [1.807, 2.05) is 11.8 Å². The first-order valence-electron chi connectivity index (χ1n) is 6.59. The Bertz CT molecular complexity index is 831. The second-order valence-electron chi connectivity index (χ2n) is 4.96. The molecule has 2 aromatic carbocycles. The van der Waals surface area contributed by atoms with E-state index < -0.39 is 5.97 Å². The lowest BCUT2D eigenvalue weighted by atomic mass is 10.1. The summed E-state index contributed by atoms with van der Waals surface area (Å²) in [6.45, 7) is 0. The number of carboxylic acids is 1. The molecule has 104 valence electrons. The van der Waals surface area contributed by atoms with Crippen LogP contribution in [-0.4, -0.2) is 16.1 Å². The molecule has 0 saturated carbocycles. The topological polar surface area (TPSA) is 50.2 Å². The molecule has 1 unspecified atom stereocenters. The Balaban J connectivity index is 1.71. The van der Waals surface area contributed by atoms with E-state index in [0.29, 0.717) is 10.8 Å². The number of thiazole rings is 1. The van der Waals surface area contributed by atoms with Gasteiger partial charge in [0.05, 0.1) is 21.0 Å². The Morgan fingerprint density at radius 3 is 2.90 bits per heavy atom. The van der Waals surface area contributed by atoms with Crippen LogP contribution in [0.15, 0.2) is 47.4 Å². The fourth-order valence-electron chi connectivity index (χ4n) is 2.53. The Morgan fingerprint density at radius 2 is 2.10 bits per heavy atom. The van der Waals surface area contributed by atoms with Crippen LogP contribution < -0.4 is 0 Å². The molecular weight excluding hydrogens is 302 g/mol. The summed E-state index contributed by atoms with van der Waals surface area (Å²) in [6, 6.07) is 13.6. The number of rotatable bonds is 2. The smallest absolute Gasteiger partial charge is 0.335 e. The highest BCUT2D eigenvalue weighted by molar-refractivity contribution is 8.00. The highest BCUT2D eigenvalue weighted by Gasteiger charge is 2.26. The predicted octanol–water partition coefficient (Wildman–Crippen LogP) is 4.38. The van der Waals surface area contributed by atoms with Gasteiger partial charge in [-0.25, -0.2) is 9.78 Å². The summed E-state index contributed by atoms with van der Waals surface area (Å²) >= 11 is 3.45. The van der Waals surface area contributed by atoms with E-state index in [0.717, 1.165) is 21.6 Å². The zero-order chi connectivity index (χ0) is 14.4. The van der Waals surface area contributed by atoms with Crippen molar-refractivity contribution in [3.8, 4) is 0 Å². The van der Waals surface area contributed by atoms with Gasteiger partial charge >= 0.3 is 5.97 Å². The maximum atomic E-state index is 11.0. The Kier molecular flexibility index (Phi) is 2.97. The number of nitrogens with zero attached hydrogens (tertiary/aromatic N) is 1. The van der Waals surface area contributed by atoms with Gasteiger partial charge in [0, 0.05) is 4.90 Å². The molecular formula is C16H11NO2S2. The van der Waals surface area contributed by atoms with Crippen LogP contribution in [0.25, 0.3) is 10.2 Å². The van der Waals surface area contributed by atoms with Crippen LogP contribution in [0, 0.1) is 0 Å². The number of hydrogen-bond acceptors (Lipinski definition) is 4. The number of aromatic nitrogens is 1. The quantitative estimate of drug-likeness (QED) is 0.762. The molecule has 0 radical (unpaired) electrons. The molecule has 1 aliphatic rings. The van der Waals surface area contributed by atoms with Crippen molar-refractivity contribution in [3.63, 3.8) is 0 Å². The predicted molar refractivity (Wildman–Crippen MR) is 85.3 cm³/mol. The molecule has 1 atom stereocenters. The van der Waals surface area contributed by atoms with Crippen molar-refractivity contribution in [1.29, 1.82) is 0 Å². The molecule has 3 nitrogen and oxygen atoms in total. The van der Waals surface area contributed by atoms with Crippen LogP contribution >= 0.6 is 23.1 Å². The molecule has 0 aliphatic carbocycles. The molecule has 0 fully saturated rings. The summed E-state index contributed by atoms with van der Waals surface area (Å²) < 4.78 is 0.946. The minimum Gasteiger partial charge on any atom is -0.478 e. The van der Waals surface area contributed by atoms with E-state index in [2.05, 4.69) is 29.2 Å². The standard InChI is InChI=1S/C16H11NO2S2/c18-16(19)10-5-6-11-13(8-10)21-15(17-11)14-7-9-3-1-2-4-12(9)20-14/h1-6,8,14H,7H2,(H,18,19). The summed E-state index contributed by atoms with van der Waals surface area (Å²) in [6.07, 6.45) is 0.993. The van der Waals surface area contributed by atoms with Crippen LogP contribution in [0.3, 0.4) is 0 Å². The minimum absolute atomic E-state index is 0.320. The lowest BCUT2D eigenvalue weighted by molar-refractivity contribution is 0.0697. The van der Waals surface area contributed by atoms with Gasteiger partial charge in [-0.3, -0.25) is 0 Å². The van der Waals surface area contributed by atoms with Crippen molar-refractivity contribution in [2.45, 2.75) is 16.6 Å². The van der Waals surface area contributed by atoms with Gasteiger partial charge in [-0.2, -0.15) is 0 Å². The number of carboxylic acid groups (broad SMARTS) is 1. The number of thioether (sulfide) groups is 1. The first-order valence-corrected chi connectivity index (χ1v) is 8.29. The van der Waals surface area contributed by atoms with Gasteiger partial charge in [-0.1, -0.05) is 18.2 Å². The van der Waals surface area contributed by atoms with Gasteiger partial charge in [0.25, 0.3) is 0 Å². The van der Waals surface area contributed by atoms with Crippen molar-refractivity contribution < 1.29 is 9.90 Å². The number of hydrogen-bond donors (Lipinski definition) is 1. The molecule has 1 aromatic heterocycles. The fraction of sp³-hybridized carbons (Fsp3) is 0.125. The minimum atomic E-state index is -0.894. The highest BCUT2D eigenvalue weighted by Crippen LogP contribution is 2.47. The van der Waals surface area contributed by atoms with E-state index in [9.17, 15) is 4.79 Å². The summed E-state index contributed by atoms with van der Waals surface area (Å²) in [7, 11) is 0. The van der Waals surface area contributed by atoms with Crippen LogP contribution in [0.4, 0.5) is 0 Å². The van der Waals surface area contributed by atoms with E-state index in [1.54, 1.807) is 29.5 Å². The molecule has 0 spiro atoms. The van der Waals surface area contributed by atoms with Crippen LogP contribution in [0.5, 0.6) is 0 Å². The summed E-state index contributed by atoms with van der Waals surface area (Å²) in [5.41, 5.74) is 2.58. The Labute approximate surface area is 129 Å². The molecule has 0 bridgehead atoms. The number of fused-ring (bicyclic) bond motifs is 2. The van der Waals surface area contributed by atoms with Crippen molar-refractivity contribution in [3.05, 3.63) is 58.6 Å². The van der Waals surface area contributed by atoms with Crippen molar-refractivity contribution in [2.75, 3.05) is 0 Å². The molecule has 2 heterocycles. The Hall–Kier alpha value is -1.85. The molecule has 1 aliphatic heterocycles. The van der Waals surface area contributed by atoms with Gasteiger partial charge in [0.1, 0.15) is 5.01 Å². The first-order chi connectivity index (χ1) is 10.2. The number of carbonyl (C=O) groups is 1. The lowest BCUT2D eigenvalue weighted by Gasteiger charge is -2.02. The van der Waals surface area contributed by atoms with Gasteiger partial charge in [-0.15, -0.1) is 23.1 Å². The molecule has 1 N–H and O–H groups in total. The average molecular weight is 313 g/mol. The van der Waals surface area contributed by atoms with E-state index in [4.69, 9.17) is 5.11 Å². The molecule has 21 heavy (non-hydrogen) atoms. The van der Waals surface area contributed by atoms with Gasteiger partial charge in [-0.05, 0) is 36.2 Å².